The first kappa shape index (κ1) is 30.6. The van der Waals surface area contributed by atoms with Crippen LogP contribution in [0.5, 0.6) is 5.75 Å². The van der Waals surface area contributed by atoms with Gasteiger partial charge in [-0.25, -0.2) is 4.99 Å². The smallest absolute Gasteiger partial charge is 0.253 e. The van der Waals surface area contributed by atoms with E-state index in [2.05, 4.69) is 5.32 Å². The summed E-state index contributed by atoms with van der Waals surface area (Å²) in [6, 6.07) is 20.7. The number of carbonyl (C=O) groups is 1. The van der Waals surface area contributed by atoms with E-state index in [1.165, 1.54) is 0 Å². The molecule has 1 aliphatic heterocycles. The second kappa shape index (κ2) is 14.5. The maximum Gasteiger partial charge on any atom is 0.253 e. The van der Waals surface area contributed by atoms with E-state index in [-0.39, 0.29) is 18.9 Å². The highest BCUT2D eigenvalue weighted by atomic mass is 35.5. The molecule has 0 aromatic heterocycles. The van der Waals surface area contributed by atoms with Gasteiger partial charge in [0.25, 0.3) is 5.91 Å². The maximum absolute atomic E-state index is 14.0. The molecule has 1 heterocycles. The molecule has 0 saturated heterocycles. The molecular weight excluding hydrogens is 567 g/mol. The van der Waals surface area contributed by atoms with Crippen molar-refractivity contribution < 1.29 is 29.6 Å². The SMILES string of the molecule is O=C(NC(CO)CO)[C@]1(C/C=C/c2ccccc2)N=C(c2ccc(OCCCO)cc2)O[C@@H]1c1ccc(Cl)cc1Cl. The molecule has 0 aliphatic carbocycles. The highest BCUT2D eigenvalue weighted by Gasteiger charge is 2.53. The number of carbonyl (C=O) groups excluding carboxylic acids is 1. The third-order valence-electron chi connectivity index (χ3n) is 6.59. The van der Waals surface area contributed by atoms with Crippen LogP contribution in [0.25, 0.3) is 6.08 Å². The van der Waals surface area contributed by atoms with Gasteiger partial charge in [0.2, 0.25) is 5.90 Å². The van der Waals surface area contributed by atoms with Gasteiger partial charge in [-0.2, -0.15) is 0 Å². The largest absolute Gasteiger partial charge is 0.494 e. The summed E-state index contributed by atoms with van der Waals surface area (Å²) in [7, 11) is 0. The van der Waals surface area contributed by atoms with Crippen LogP contribution in [0, 0.1) is 0 Å². The standard InChI is InChI=1S/C31H32Cl2N2O6/c32-23-11-14-26(27(33)18-23)28-31(30(39)34-24(19-37)20-38,15-4-8-21-6-2-1-3-7-21)35-29(41-28)22-9-12-25(13-10-22)40-17-5-16-36/h1-4,6-14,18,24,28,36-38H,5,15-17,19-20H2,(H,34,39)/b8-4+/t28-,31-/m1/s1. The van der Waals surface area contributed by atoms with Crippen molar-refractivity contribution in [2.75, 3.05) is 26.4 Å². The Morgan fingerprint density at radius 2 is 1.78 bits per heavy atom. The van der Waals surface area contributed by atoms with Gasteiger partial charge >= 0.3 is 0 Å². The fourth-order valence-corrected chi connectivity index (χ4v) is 4.91. The summed E-state index contributed by atoms with van der Waals surface area (Å²) in [6.07, 6.45) is 3.40. The van der Waals surface area contributed by atoms with Crippen molar-refractivity contribution in [3.63, 3.8) is 0 Å². The number of aliphatic hydroxyl groups is 3. The third-order valence-corrected chi connectivity index (χ3v) is 7.15. The first-order valence-corrected chi connectivity index (χ1v) is 14.0. The van der Waals surface area contributed by atoms with Gasteiger partial charge in [0.15, 0.2) is 11.6 Å². The Bertz CT molecular complexity index is 1360. The van der Waals surface area contributed by atoms with E-state index < -0.39 is 36.8 Å². The van der Waals surface area contributed by atoms with E-state index in [1.807, 2.05) is 42.5 Å². The van der Waals surface area contributed by atoms with Crippen molar-refractivity contribution in [2.24, 2.45) is 4.99 Å². The van der Waals surface area contributed by atoms with Crippen molar-refractivity contribution in [3.05, 3.63) is 106 Å². The van der Waals surface area contributed by atoms with E-state index >= 15 is 0 Å². The molecule has 10 heteroatoms. The molecule has 1 amide bonds. The van der Waals surface area contributed by atoms with Crippen LogP contribution in [0.4, 0.5) is 0 Å². The first-order chi connectivity index (χ1) is 19.9. The molecule has 3 aromatic rings. The number of nitrogens with one attached hydrogen (secondary N) is 1. The zero-order valence-corrected chi connectivity index (χ0v) is 23.8. The zero-order valence-electron chi connectivity index (χ0n) is 22.2. The molecule has 8 nitrogen and oxygen atoms in total. The molecule has 0 fully saturated rings. The molecule has 41 heavy (non-hydrogen) atoms. The number of hydrogen-bond acceptors (Lipinski definition) is 7. The lowest BCUT2D eigenvalue weighted by Crippen LogP contribution is -2.53. The molecule has 1 aliphatic rings. The topological polar surface area (TPSA) is 121 Å². The van der Waals surface area contributed by atoms with Gasteiger partial charge in [0.1, 0.15) is 5.75 Å². The summed E-state index contributed by atoms with van der Waals surface area (Å²) in [5.74, 6) is 0.288. The molecular formula is C31H32Cl2N2O6. The molecule has 0 bridgehead atoms. The maximum atomic E-state index is 14.0. The van der Waals surface area contributed by atoms with Gasteiger partial charge in [0, 0.05) is 40.6 Å². The number of nitrogens with zero attached hydrogens (tertiary/aromatic N) is 1. The van der Waals surface area contributed by atoms with Crippen LogP contribution >= 0.6 is 23.2 Å². The molecule has 2 atom stereocenters. The van der Waals surface area contributed by atoms with Crippen LogP contribution in [-0.4, -0.2) is 65.1 Å². The average Bonchev–Trinajstić information content (AvgIpc) is 3.37. The summed E-state index contributed by atoms with van der Waals surface area (Å²) in [4.78, 5) is 18.9. The molecule has 4 N–H and O–H groups in total. The fourth-order valence-electron chi connectivity index (χ4n) is 4.40. The summed E-state index contributed by atoms with van der Waals surface area (Å²) >= 11 is 12.8. The van der Waals surface area contributed by atoms with E-state index in [9.17, 15) is 15.0 Å². The minimum absolute atomic E-state index is 0.0354. The first-order valence-electron chi connectivity index (χ1n) is 13.2. The molecule has 0 saturated carbocycles. The number of aliphatic hydroxyl groups excluding tert-OH is 3. The van der Waals surface area contributed by atoms with Gasteiger partial charge in [0.05, 0.1) is 25.9 Å². The summed E-state index contributed by atoms with van der Waals surface area (Å²) in [5, 5.41) is 31.8. The minimum atomic E-state index is -1.54. The Hall–Kier alpha value is -3.40. The van der Waals surface area contributed by atoms with Crippen molar-refractivity contribution in [1.82, 2.24) is 5.32 Å². The highest BCUT2D eigenvalue weighted by Crippen LogP contribution is 2.45. The van der Waals surface area contributed by atoms with Gasteiger partial charge in [-0.15, -0.1) is 0 Å². The lowest BCUT2D eigenvalue weighted by atomic mass is 9.84. The van der Waals surface area contributed by atoms with E-state index in [4.69, 9.17) is 42.8 Å². The van der Waals surface area contributed by atoms with Crippen LogP contribution in [0.15, 0.2) is 83.9 Å². The van der Waals surface area contributed by atoms with Crippen LogP contribution in [0.2, 0.25) is 10.0 Å². The Morgan fingerprint density at radius 3 is 2.44 bits per heavy atom. The molecule has 0 radical (unpaired) electrons. The number of aliphatic imine (C=N–C) groups is 1. The van der Waals surface area contributed by atoms with E-state index in [0.717, 1.165) is 5.56 Å². The van der Waals surface area contributed by atoms with E-state index in [0.29, 0.717) is 39.9 Å². The van der Waals surface area contributed by atoms with Gasteiger partial charge in [-0.1, -0.05) is 71.8 Å². The van der Waals surface area contributed by atoms with E-state index in [1.54, 1.807) is 42.5 Å². The van der Waals surface area contributed by atoms with Crippen LogP contribution < -0.4 is 10.1 Å². The number of benzene rings is 3. The second-order valence-corrected chi connectivity index (χ2v) is 10.4. The number of rotatable bonds is 13. The molecule has 216 valence electrons. The Kier molecular flexibility index (Phi) is 10.8. The zero-order chi connectivity index (χ0) is 29.2. The Morgan fingerprint density at radius 1 is 1.05 bits per heavy atom. The summed E-state index contributed by atoms with van der Waals surface area (Å²) < 4.78 is 12.0. The molecule has 0 unspecified atom stereocenters. The second-order valence-electron chi connectivity index (χ2n) is 9.51. The van der Waals surface area contributed by atoms with Crippen molar-refractivity contribution in [2.45, 2.75) is 30.5 Å². The number of ether oxygens (including phenoxy) is 2. The lowest BCUT2D eigenvalue weighted by molar-refractivity contribution is -0.130. The lowest BCUT2D eigenvalue weighted by Gasteiger charge is -2.31. The highest BCUT2D eigenvalue weighted by molar-refractivity contribution is 6.35. The minimum Gasteiger partial charge on any atom is -0.494 e. The number of halogens is 2. The normalized spacial score (nSPS) is 18.4. The van der Waals surface area contributed by atoms with Gasteiger partial charge < -0.3 is 30.1 Å². The molecule has 3 aromatic carbocycles. The predicted molar refractivity (Wildman–Crippen MR) is 159 cm³/mol. The number of hydrogen-bond donors (Lipinski definition) is 4. The molecule has 0 spiro atoms. The quantitative estimate of drug-likeness (QED) is 0.214. The van der Waals surface area contributed by atoms with Gasteiger partial charge in [-0.05, 0) is 42.0 Å². The van der Waals surface area contributed by atoms with Gasteiger partial charge in [-0.3, -0.25) is 4.79 Å². The average molecular weight is 600 g/mol. The monoisotopic (exact) mass is 598 g/mol. The number of amides is 1. The summed E-state index contributed by atoms with van der Waals surface area (Å²) in [6.45, 7) is -0.508. The van der Waals surface area contributed by atoms with Crippen LogP contribution in [0.1, 0.15) is 35.6 Å². The Labute approximate surface area is 248 Å². The van der Waals surface area contributed by atoms with Crippen molar-refractivity contribution in [3.8, 4) is 5.75 Å². The molecule has 4 rings (SSSR count). The van der Waals surface area contributed by atoms with Crippen molar-refractivity contribution in [1.29, 1.82) is 0 Å². The van der Waals surface area contributed by atoms with Crippen LogP contribution in [0.3, 0.4) is 0 Å². The predicted octanol–water partition coefficient (Wildman–Crippen LogP) is 4.58. The van der Waals surface area contributed by atoms with Crippen molar-refractivity contribution >= 4 is 41.1 Å². The Balaban J connectivity index is 1.78. The van der Waals surface area contributed by atoms with Crippen LogP contribution in [-0.2, 0) is 9.53 Å². The fraction of sp³-hybridized carbons (Fsp3) is 0.290. The third kappa shape index (κ3) is 7.47. The summed E-state index contributed by atoms with van der Waals surface area (Å²) in [5.41, 5.74) is 0.508.